The number of aliphatic hydroxyl groups excluding tert-OH is 1. The predicted octanol–water partition coefficient (Wildman–Crippen LogP) is 2.19. The lowest BCUT2D eigenvalue weighted by molar-refractivity contribution is 0.424. The summed E-state index contributed by atoms with van der Waals surface area (Å²) >= 11 is 0. The third-order valence-electron chi connectivity index (χ3n) is 0.799. The Morgan fingerprint density at radius 2 is 2.00 bits per heavy atom. The van der Waals surface area contributed by atoms with Crippen molar-refractivity contribution in [1.29, 1.82) is 0 Å². The van der Waals surface area contributed by atoms with E-state index in [9.17, 15) is 0 Å². The van der Waals surface area contributed by atoms with Crippen LogP contribution in [-0.2, 0) is 0 Å². The van der Waals surface area contributed by atoms with Crippen LogP contribution in [0, 0.1) is 0 Å². The van der Waals surface area contributed by atoms with Crippen LogP contribution in [0.3, 0.4) is 0 Å². The molecule has 8 heavy (non-hydrogen) atoms. The van der Waals surface area contributed by atoms with Crippen molar-refractivity contribution in [2.45, 2.75) is 6.42 Å². The Bertz CT molecular complexity index is 122. The molecule has 0 saturated carbocycles. The average Bonchev–Trinajstić information content (AvgIpc) is 1.67. The van der Waals surface area contributed by atoms with E-state index in [1.165, 1.54) is 0 Å². The molecule has 0 aromatic rings. The van der Waals surface area contributed by atoms with Gasteiger partial charge in [0.05, 0.1) is 0 Å². The van der Waals surface area contributed by atoms with Gasteiger partial charge in [-0.3, -0.25) is 0 Å². The SMILES string of the molecule is C=CCC(=C)C(=C)O. The summed E-state index contributed by atoms with van der Waals surface area (Å²) < 4.78 is 0. The Kier molecular flexibility index (Phi) is 2.70. The van der Waals surface area contributed by atoms with Gasteiger partial charge in [0.15, 0.2) is 0 Å². The van der Waals surface area contributed by atoms with E-state index >= 15 is 0 Å². The van der Waals surface area contributed by atoms with Crippen LogP contribution >= 0.6 is 0 Å². The molecule has 0 amide bonds. The van der Waals surface area contributed by atoms with Crippen LogP contribution in [0.5, 0.6) is 0 Å². The maximum absolute atomic E-state index is 8.61. The molecule has 1 N–H and O–H groups in total. The molecule has 0 aromatic carbocycles. The summed E-state index contributed by atoms with van der Waals surface area (Å²) in [6, 6.07) is 0. The third kappa shape index (κ3) is 2.24. The van der Waals surface area contributed by atoms with Gasteiger partial charge in [0.25, 0.3) is 0 Å². The number of allylic oxidation sites excluding steroid dienone is 2. The minimum Gasteiger partial charge on any atom is -0.508 e. The van der Waals surface area contributed by atoms with Gasteiger partial charge >= 0.3 is 0 Å². The van der Waals surface area contributed by atoms with Crippen molar-refractivity contribution < 1.29 is 5.11 Å². The van der Waals surface area contributed by atoms with Gasteiger partial charge in [-0.2, -0.15) is 0 Å². The number of hydrogen-bond acceptors (Lipinski definition) is 1. The molecule has 0 radical (unpaired) electrons. The van der Waals surface area contributed by atoms with Crippen LogP contribution in [0.25, 0.3) is 0 Å². The first-order chi connectivity index (χ1) is 3.68. The first-order valence-electron chi connectivity index (χ1n) is 2.35. The summed E-state index contributed by atoms with van der Waals surface area (Å²) in [6.07, 6.45) is 2.28. The molecule has 0 saturated heterocycles. The Balaban J connectivity index is 3.65. The predicted molar refractivity (Wildman–Crippen MR) is 35.7 cm³/mol. The molecule has 1 nitrogen and oxygen atoms in total. The third-order valence-corrected chi connectivity index (χ3v) is 0.799. The van der Waals surface area contributed by atoms with Crippen LogP contribution in [0.1, 0.15) is 6.42 Å². The average molecular weight is 110 g/mol. The molecule has 1 heteroatoms. The molecule has 0 rings (SSSR count). The summed E-state index contributed by atoms with van der Waals surface area (Å²) in [5.41, 5.74) is 0.625. The molecular weight excluding hydrogens is 100 g/mol. The molecule has 0 atom stereocenters. The summed E-state index contributed by atoms with van der Waals surface area (Å²) in [6.45, 7) is 10.3. The lowest BCUT2D eigenvalue weighted by Gasteiger charge is -1.95. The number of rotatable bonds is 3. The maximum Gasteiger partial charge on any atom is 0.111 e. The zero-order valence-corrected chi connectivity index (χ0v) is 4.85. The van der Waals surface area contributed by atoms with Crippen molar-refractivity contribution in [1.82, 2.24) is 0 Å². The molecule has 0 unspecified atom stereocenters. The smallest absolute Gasteiger partial charge is 0.111 e. The monoisotopic (exact) mass is 110 g/mol. The van der Waals surface area contributed by atoms with Crippen LogP contribution in [-0.4, -0.2) is 5.11 Å². The van der Waals surface area contributed by atoms with E-state index in [1.807, 2.05) is 0 Å². The van der Waals surface area contributed by atoms with Crippen LogP contribution in [0.4, 0.5) is 0 Å². The summed E-state index contributed by atoms with van der Waals surface area (Å²) in [5, 5.41) is 8.61. The highest BCUT2D eigenvalue weighted by atomic mass is 16.3. The van der Waals surface area contributed by atoms with Gasteiger partial charge in [0.1, 0.15) is 5.76 Å². The van der Waals surface area contributed by atoms with E-state index < -0.39 is 0 Å². The molecule has 0 aromatic heterocycles. The molecule has 0 aliphatic heterocycles. The van der Waals surface area contributed by atoms with Gasteiger partial charge in [-0.1, -0.05) is 19.2 Å². The largest absolute Gasteiger partial charge is 0.508 e. The van der Waals surface area contributed by atoms with E-state index in [0.717, 1.165) is 0 Å². The standard InChI is InChI=1S/C7H10O/c1-4-5-6(2)7(3)8/h4,8H,1-3,5H2. The second-order valence-electron chi connectivity index (χ2n) is 1.54. The van der Waals surface area contributed by atoms with Crippen molar-refractivity contribution in [2.24, 2.45) is 0 Å². The molecule has 0 aliphatic rings. The van der Waals surface area contributed by atoms with E-state index in [4.69, 9.17) is 5.11 Å². The molecule has 0 aliphatic carbocycles. The molecule has 0 spiro atoms. The Morgan fingerprint density at radius 1 is 1.50 bits per heavy atom. The summed E-state index contributed by atoms with van der Waals surface area (Å²) in [4.78, 5) is 0. The Hall–Kier alpha value is -0.980. The van der Waals surface area contributed by atoms with E-state index in [0.29, 0.717) is 12.0 Å². The van der Waals surface area contributed by atoms with E-state index in [-0.39, 0.29) is 5.76 Å². The normalized spacial score (nSPS) is 8.00. The zero-order valence-electron chi connectivity index (χ0n) is 4.85. The quantitative estimate of drug-likeness (QED) is 0.335. The van der Waals surface area contributed by atoms with Crippen molar-refractivity contribution in [3.8, 4) is 0 Å². The van der Waals surface area contributed by atoms with Crippen LogP contribution in [0.15, 0.2) is 37.1 Å². The van der Waals surface area contributed by atoms with Crippen molar-refractivity contribution in [2.75, 3.05) is 0 Å². The zero-order chi connectivity index (χ0) is 6.57. The second kappa shape index (κ2) is 3.08. The Labute approximate surface area is 49.7 Å². The fourth-order valence-electron chi connectivity index (χ4n) is 0.292. The molecule has 0 bridgehead atoms. The van der Waals surface area contributed by atoms with Crippen molar-refractivity contribution in [3.05, 3.63) is 37.1 Å². The minimum absolute atomic E-state index is 0.0462. The lowest BCUT2D eigenvalue weighted by Crippen LogP contribution is -1.80. The van der Waals surface area contributed by atoms with Gasteiger partial charge in [-0.25, -0.2) is 0 Å². The summed E-state index contributed by atoms with van der Waals surface area (Å²) in [7, 11) is 0. The molecular formula is C7H10O. The Morgan fingerprint density at radius 3 is 2.12 bits per heavy atom. The first-order valence-corrected chi connectivity index (χ1v) is 2.35. The second-order valence-corrected chi connectivity index (χ2v) is 1.54. The van der Waals surface area contributed by atoms with Crippen molar-refractivity contribution >= 4 is 0 Å². The number of aliphatic hydroxyl groups is 1. The van der Waals surface area contributed by atoms with E-state index in [2.05, 4.69) is 19.7 Å². The van der Waals surface area contributed by atoms with Gasteiger partial charge in [0, 0.05) is 0 Å². The molecule has 44 valence electrons. The minimum atomic E-state index is 0.0462. The maximum atomic E-state index is 8.61. The van der Waals surface area contributed by atoms with E-state index in [1.54, 1.807) is 6.08 Å². The van der Waals surface area contributed by atoms with Crippen LogP contribution in [0.2, 0.25) is 0 Å². The van der Waals surface area contributed by atoms with Gasteiger partial charge in [-0.15, -0.1) is 6.58 Å². The van der Waals surface area contributed by atoms with Crippen LogP contribution < -0.4 is 0 Å². The first kappa shape index (κ1) is 7.02. The van der Waals surface area contributed by atoms with Gasteiger partial charge in [0.2, 0.25) is 0 Å². The summed E-state index contributed by atoms with van der Waals surface area (Å²) in [5.74, 6) is 0.0462. The lowest BCUT2D eigenvalue weighted by atomic mass is 10.2. The fraction of sp³-hybridized carbons (Fsp3) is 0.143. The topological polar surface area (TPSA) is 20.2 Å². The molecule has 0 fully saturated rings. The number of hydrogen-bond donors (Lipinski definition) is 1. The van der Waals surface area contributed by atoms with Gasteiger partial charge in [-0.05, 0) is 12.0 Å². The van der Waals surface area contributed by atoms with Gasteiger partial charge < -0.3 is 5.11 Å². The highest BCUT2D eigenvalue weighted by Gasteiger charge is 1.90. The highest BCUT2D eigenvalue weighted by molar-refractivity contribution is 5.19. The highest BCUT2D eigenvalue weighted by Crippen LogP contribution is 2.04. The van der Waals surface area contributed by atoms with Crippen molar-refractivity contribution in [3.63, 3.8) is 0 Å². The molecule has 0 heterocycles. The fourth-order valence-corrected chi connectivity index (χ4v) is 0.292.